The van der Waals surface area contributed by atoms with Crippen LogP contribution in [0.2, 0.25) is 0 Å². The van der Waals surface area contributed by atoms with Gasteiger partial charge in [0, 0.05) is 13.2 Å². The number of hydrogen-bond acceptors (Lipinski definition) is 5. The molecule has 31 heavy (non-hydrogen) atoms. The predicted molar refractivity (Wildman–Crippen MR) is 125 cm³/mol. The van der Waals surface area contributed by atoms with Gasteiger partial charge in [0.25, 0.3) is 0 Å². The number of ether oxygens (including phenoxy) is 4. The Bertz CT molecular complexity index is 571. The number of unbranched alkanes of at least 4 members (excludes halogenated alkanes) is 6. The number of aliphatic hydroxyl groups excluding tert-OH is 1. The van der Waals surface area contributed by atoms with Crippen molar-refractivity contribution in [3.8, 4) is 11.5 Å². The SMILES string of the molecule is COc1ccc(CCCCC(O)CCCCCCCCOC2CCCCO2)cc1OC. The zero-order valence-electron chi connectivity index (χ0n) is 19.8. The van der Waals surface area contributed by atoms with Gasteiger partial charge in [-0.05, 0) is 69.1 Å². The summed E-state index contributed by atoms with van der Waals surface area (Å²) >= 11 is 0. The lowest BCUT2D eigenvalue weighted by atomic mass is 10.0. The molecule has 1 heterocycles. The Hall–Kier alpha value is -1.30. The van der Waals surface area contributed by atoms with Crippen molar-refractivity contribution in [3.63, 3.8) is 0 Å². The van der Waals surface area contributed by atoms with E-state index in [1.807, 2.05) is 12.1 Å². The number of hydrogen-bond donors (Lipinski definition) is 1. The first-order chi connectivity index (χ1) is 15.2. The molecule has 2 rings (SSSR count). The van der Waals surface area contributed by atoms with E-state index in [1.165, 1.54) is 44.1 Å². The Labute approximate surface area is 189 Å². The van der Waals surface area contributed by atoms with Crippen LogP contribution >= 0.6 is 0 Å². The third kappa shape index (κ3) is 11.2. The molecule has 1 N–H and O–H groups in total. The maximum absolute atomic E-state index is 10.2. The molecule has 0 amide bonds. The van der Waals surface area contributed by atoms with Gasteiger partial charge >= 0.3 is 0 Å². The Morgan fingerprint density at radius 3 is 2.32 bits per heavy atom. The summed E-state index contributed by atoms with van der Waals surface area (Å²) in [5, 5.41) is 10.2. The second-order valence-corrected chi connectivity index (χ2v) is 8.67. The largest absolute Gasteiger partial charge is 0.493 e. The van der Waals surface area contributed by atoms with Crippen molar-refractivity contribution >= 4 is 0 Å². The molecule has 0 aliphatic carbocycles. The Morgan fingerprint density at radius 1 is 0.903 bits per heavy atom. The van der Waals surface area contributed by atoms with Crippen molar-refractivity contribution in [1.29, 1.82) is 0 Å². The van der Waals surface area contributed by atoms with Gasteiger partial charge in [-0.15, -0.1) is 0 Å². The van der Waals surface area contributed by atoms with Crippen LogP contribution in [0.25, 0.3) is 0 Å². The van der Waals surface area contributed by atoms with E-state index in [-0.39, 0.29) is 12.4 Å². The number of methoxy groups -OCH3 is 2. The van der Waals surface area contributed by atoms with Gasteiger partial charge in [0.05, 0.1) is 20.3 Å². The summed E-state index contributed by atoms with van der Waals surface area (Å²) in [4.78, 5) is 0. The Morgan fingerprint density at radius 2 is 1.61 bits per heavy atom. The maximum atomic E-state index is 10.2. The topological polar surface area (TPSA) is 57.2 Å². The summed E-state index contributed by atoms with van der Waals surface area (Å²) in [7, 11) is 3.32. The van der Waals surface area contributed by atoms with Crippen molar-refractivity contribution < 1.29 is 24.1 Å². The summed E-state index contributed by atoms with van der Waals surface area (Å²) in [6, 6.07) is 6.10. The minimum atomic E-state index is -0.158. The van der Waals surface area contributed by atoms with Crippen LogP contribution < -0.4 is 9.47 Å². The molecule has 1 aromatic carbocycles. The van der Waals surface area contributed by atoms with E-state index in [0.717, 1.165) is 76.1 Å². The molecule has 1 aromatic rings. The standard InChI is InChI=1S/C26H44O5/c1-28-24-18-17-22(21-25(24)29-2)13-8-9-15-23(27)14-7-5-3-4-6-11-19-30-26-16-10-12-20-31-26/h17-18,21,23,26-27H,3-16,19-20H2,1-2H3. The maximum Gasteiger partial charge on any atom is 0.160 e. The molecule has 1 fully saturated rings. The summed E-state index contributed by atoms with van der Waals surface area (Å²) in [5.41, 5.74) is 1.25. The number of benzene rings is 1. The summed E-state index contributed by atoms with van der Waals surface area (Å²) in [5.74, 6) is 1.55. The smallest absolute Gasteiger partial charge is 0.160 e. The highest BCUT2D eigenvalue weighted by Gasteiger charge is 2.13. The molecule has 5 heteroatoms. The van der Waals surface area contributed by atoms with Crippen LogP contribution in [-0.4, -0.2) is 44.9 Å². The zero-order valence-corrected chi connectivity index (χ0v) is 19.8. The minimum Gasteiger partial charge on any atom is -0.493 e. The molecule has 0 bridgehead atoms. The molecule has 0 radical (unpaired) electrons. The fourth-order valence-corrected chi connectivity index (χ4v) is 4.14. The van der Waals surface area contributed by atoms with Crippen LogP contribution in [0.3, 0.4) is 0 Å². The average molecular weight is 437 g/mol. The van der Waals surface area contributed by atoms with Crippen LogP contribution in [0.4, 0.5) is 0 Å². The lowest BCUT2D eigenvalue weighted by Crippen LogP contribution is -2.22. The minimum absolute atomic E-state index is 0.0503. The van der Waals surface area contributed by atoms with Gasteiger partial charge in [0.15, 0.2) is 17.8 Å². The van der Waals surface area contributed by atoms with Crippen molar-refractivity contribution in [2.24, 2.45) is 0 Å². The lowest BCUT2D eigenvalue weighted by molar-refractivity contribution is -0.162. The summed E-state index contributed by atoms with van der Waals surface area (Å²) in [6.07, 6.45) is 15.5. The fourth-order valence-electron chi connectivity index (χ4n) is 4.14. The molecular formula is C26H44O5. The van der Waals surface area contributed by atoms with Gasteiger partial charge in [-0.2, -0.15) is 0 Å². The fraction of sp³-hybridized carbons (Fsp3) is 0.769. The van der Waals surface area contributed by atoms with Crippen molar-refractivity contribution in [2.75, 3.05) is 27.4 Å². The molecule has 178 valence electrons. The van der Waals surface area contributed by atoms with Crippen LogP contribution in [0.15, 0.2) is 18.2 Å². The Kier molecular flexibility index (Phi) is 13.7. The first kappa shape index (κ1) is 26.0. The zero-order chi connectivity index (χ0) is 22.2. The van der Waals surface area contributed by atoms with Crippen LogP contribution in [0.5, 0.6) is 11.5 Å². The van der Waals surface area contributed by atoms with Crippen LogP contribution in [0, 0.1) is 0 Å². The molecule has 0 aromatic heterocycles. The Balaban J connectivity index is 1.39. The van der Waals surface area contributed by atoms with E-state index in [9.17, 15) is 5.11 Å². The lowest BCUT2D eigenvalue weighted by Gasteiger charge is -2.22. The monoisotopic (exact) mass is 436 g/mol. The molecule has 1 aliphatic rings. The van der Waals surface area contributed by atoms with E-state index in [1.54, 1.807) is 14.2 Å². The molecule has 0 spiro atoms. The highest BCUT2D eigenvalue weighted by molar-refractivity contribution is 5.42. The van der Waals surface area contributed by atoms with Crippen molar-refractivity contribution in [3.05, 3.63) is 23.8 Å². The highest BCUT2D eigenvalue weighted by atomic mass is 16.7. The van der Waals surface area contributed by atoms with Crippen molar-refractivity contribution in [2.45, 2.75) is 102 Å². The predicted octanol–water partition coefficient (Wildman–Crippen LogP) is 6.05. The first-order valence-corrected chi connectivity index (χ1v) is 12.3. The second-order valence-electron chi connectivity index (χ2n) is 8.67. The summed E-state index contributed by atoms with van der Waals surface area (Å²) in [6.45, 7) is 1.68. The van der Waals surface area contributed by atoms with Crippen LogP contribution in [0.1, 0.15) is 89.0 Å². The second kappa shape index (κ2) is 16.3. The number of rotatable bonds is 17. The number of aliphatic hydroxyl groups is 1. The molecule has 2 atom stereocenters. The molecular weight excluding hydrogens is 392 g/mol. The van der Waals surface area contributed by atoms with E-state index >= 15 is 0 Å². The first-order valence-electron chi connectivity index (χ1n) is 12.3. The van der Waals surface area contributed by atoms with Gasteiger partial charge in [0.2, 0.25) is 0 Å². The van der Waals surface area contributed by atoms with E-state index in [4.69, 9.17) is 18.9 Å². The van der Waals surface area contributed by atoms with Gasteiger partial charge in [-0.25, -0.2) is 0 Å². The normalized spacial score (nSPS) is 17.5. The van der Waals surface area contributed by atoms with Crippen molar-refractivity contribution in [1.82, 2.24) is 0 Å². The molecule has 1 saturated heterocycles. The molecule has 2 unspecified atom stereocenters. The van der Waals surface area contributed by atoms with E-state index < -0.39 is 0 Å². The molecule has 1 aliphatic heterocycles. The van der Waals surface area contributed by atoms with E-state index in [2.05, 4.69) is 6.07 Å². The van der Waals surface area contributed by atoms with Gasteiger partial charge < -0.3 is 24.1 Å². The van der Waals surface area contributed by atoms with E-state index in [0.29, 0.717) is 0 Å². The van der Waals surface area contributed by atoms with Gasteiger partial charge in [-0.3, -0.25) is 0 Å². The average Bonchev–Trinajstić information content (AvgIpc) is 2.81. The van der Waals surface area contributed by atoms with Gasteiger partial charge in [-0.1, -0.05) is 44.6 Å². The summed E-state index contributed by atoms with van der Waals surface area (Å²) < 4.78 is 22.0. The highest BCUT2D eigenvalue weighted by Crippen LogP contribution is 2.28. The van der Waals surface area contributed by atoms with Gasteiger partial charge in [0.1, 0.15) is 0 Å². The quantitative estimate of drug-likeness (QED) is 0.301. The number of aryl methyl sites for hydroxylation is 1. The van der Waals surface area contributed by atoms with Crippen LogP contribution in [-0.2, 0) is 15.9 Å². The third-order valence-corrected chi connectivity index (χ3v) is 6.07. The molecule has 5 nitrogen and oxygen atoms in total. The third-order valence-electron chi connectivity index (χ3n) is 6.07. The molecule has 0 saturated carbocycles.